The summed E-state index contributed by atoms with van der Waals surface area (Å²) >= 11 is 5.74. The molecule has 1 aromatic rings. The van der Waals surface area contributed by atoms with Gasteiger partial charge in [0.25, 0.3) is 0 Å². The lowest BCUT2D eigenvalue weighted by atomic mass is 9.33. The molecule has 5 aliphatic rings. The van der Waals surface area contributed by atoms with Crippen molar-refractivity contribution < 1.29 is 29.6 Å². The molecule has 4 fully saturated rings. The summed E-state index contributed by atoms with van der Waals surface area (Å²) in [5, 5.41) is 36.2. The first-order valence-corrected chi connectivity index (χ1v) is 18.5. The van der Waals surface area contributed by atoms with E-state index in [4.69, 9.17) is 16.3 Å². The van der Waals surface area contributed by atoms with Crippen molar-refractivity contribution in [3.05, 3.63) is 40.9 Å². The third kappa shape index (κ3) is 5.92. The number of carbonyl (C=O) groups excluding carboxylic acids is 1. The van der Waals surface area contributed by atoms with E-state index in [0.29, 0.717) is 35.4 Å². The van der Waals surface area contributed by atoms with Gasteiger partial charge in [-0.25, -0.2) is 4.79 Å². The summed E-state index contributed by atoms with van der Waals surface area (Å²) in [5.41, 5.74) is 0.923. The van der Waals surface area contributed by atoms with Gasteiger partial charge in [0, 0.05) is 10.7 Å². The SMILES string of the molecule is CC(C)OC(=O)Nc1cccc(Cl)c1.CC1(C)CCC2(C(=O)O)C(O)CC3(C)C(=CCC4C5(C)CCC(O)C(C)(C)C5CCC43C)C2C1. The monoisotopic (exact) mass is 685 g/mol. The zero-order valence-electron chi connectivity index (χ0n) is 30.7. The minimum atomic E-state index is -1.04. The van der Waals surface area contributed by atoms with E-state index < -0.39 is 23.6 Å². The fourth-order valence-corrected chi connectivity index (χ4v) is 11.8. The van der Waals surface area contributed by atoms with Gasteiger partial charge in [-0.15, -0.1) is 0 Å². The van der Waals surface area contributed by atoms with Gasteiger partial charge in [-0.3, -0.25) is 10.1 Å². The number of fused-ring (bicyclic) bond motifs is 7. The molecule has 0 aliphatic heterocycles. The van der Waals surface area contributed by atoms with E-state index in [1.807, 2.05) is 0 Å². The topological polar surface area (TPSA) is 116 Å². The number of benzene rings is 1. The van der Waals surface area contributed by atoms with Crippen LogP contribution in [0.1, 0.15) is 120 Å². The van der Waals surface area contributed by atoms with Gasteiger partial charge in [-0.1, -0.05) is 77.8 Å². The van der Waals surface area contributed by atoms with E-state index >= 15 is 0 Å². The predicted octanol–water partition coefficient (Wildman–Crippen LogP) is 9.50. The zero-order valence-corrected chi connectivity index (χ0v) is 31.4. The van der Waals surface area contributed by atoms with Crippen LogP contribution < -0.4 is 5.32 Å². The standard InChI is InChI=1S/C30H48O4.C10H12ClNO2/c1-25(2)14-15-30(24(33)34)19(16-25)18-8-9-21-27(5)12-11-22(31)26(3,4)20(27)10-13-28(21,6)29(18,7)17-23(30)32;1-7(2)14-10(13)12-9-5-3-4-8(11)6-9/h8,19-23,31-32H,9-17H2,1-7H3,(H,33,34);3-7H,1-2H3,(H,12,13). The molecule has 0 radical (unpaired) electrons. The van der Waals surface area contributed by atoms with Gasteiger partial charge in [-0.05, 0) is 135 Å². The first-order valence-electron chi connectivity index (χ1n) is 18.2. The first-order chi connectivity index (χ1) is 22.1. The smallest absolute Gasteiger partial charge is 0.411 e. The molecule has 5 aliphatic carbocycles. The van der Waals surface area contributed by atoms with Crippen molar-refractivity contribution in [2.75, 3.05) is 5.32 Å². The maximum absolute atomic E-state index is 12.8. The molecule has 1 amide bonds. The molecule has 9 unspecified atom stereocenters. The summed E-state index contributed by atoms with van der Waals surface area (Å²) in [4.78, 5) is 24.0. The Morgan fingerprint density at radius 1 is 0.917 bits per heavy atom. The molecule has 0 aromatic heterocycles. The summed E-state index contributed by atoms with van der Waals surface area (Å²) in [6.45, 7) is 20.0. The van der Waals surface area contributed by atoms with Crippen LogP contribution in [0.5, 0.6) is 0 Å². The number of aliphatic hydroxyl groups excluding tert-OH is 2. The van der Waals surface area contributed by atoms with Crippen LogP contribution in [0, 0.1) is 50.2 Å². The largest absolute Gasteiger partial charge is 0.481 e. The van der Waals surface area contributed by atoms with Gasteiger partial charge in [-0.2, -0.15) is 0 Å². The summed E-state index contributed by atoms with van der Waals surface area (Å²) in [5.74, 6) is 0.0888. The van der Waals surface area contributed by atoms with Crippen molar-refractivity contribution in [1.82, 2.24) is 0 Å². The van der Waals surface area contributed by atoms with Crippen molar-refractivity contribution in [1.29, 1.82) is 0 Å². The van der Waals surface area contributed by atoms with E-state index in [-0.39, 0.29) is 45.2 Å². The third-order valence-corrected chi connectivity index (χ3v) is 14.7. The van der Waals surface area contributed by atoms with Crippen LogP contribution in [0.15, 0.2) is 35.9 Å². The molecule has 4 N–H and O–H groups in total. The lowest BCUT2D eigenvalue weighted by Crippen LogP contribution is -2.67. The molecule has 4 saturated carbocycles. The number of halogens is 1. The highest BCUT2D eigenvalue weighted by Gasteiger charge is 2.71. The fourth-order valence-electron chi connectivity index (χ4n) is 11.6. The molecule has 0 heterocycles. The van der Waals surface area contributed by atoms with Crippen LogP contribution in [0.25, 0.3) is 0 Å². The lowest BCUT2D eigenvalue weighted by Gasteiger charge is -2.71. The number of aliphatic carboxylic acids is 1. The van der Waals surface area contributed by atoms with Gasteiger partial charge in [0.1, 0.15) is 5.41 Å². The molecular formula is C40H60ClNO6. The Bertz CT molecular complexity index is 1440. The quantitative estimate of drug-likeness (QED) is 0.236. The van der Waals surface area contributed by atoms with Crippen LogP contribution in [-0.2, 0) is 9.53 Å². The Kier molecular flexibility index (Phi) is 9.76. The fraction of sp³-hybridized carbons (Fsp3) is 0.750. The van der Waals surface area contributed by atoms with Crippen LogP contribution >= 0.6 is 11.6 Å². The number of carboxylic acids is 1. The second kappa shape index (κ2) is 12.6. The molecule has 7 nitrogen and oxygen atoms in total. The predicted molar refractivity (Wildman–Crippen MR) is 191 cm³/mol. The van der Waals surface area contributed by atoms with Gasteiger partial charge >= 0.3 is 12.1 Å². The number of nitrogens with one attached hydrogen (secondary N) is 1. The zero-order chi connectivity index (χ0) is 35.7. The van der Waals surface area contributed by atoms with E-state index in [9.17, 15) is 24.9 Å². The maximum atomic E-state index is 12.8. The average molecular weight is 686 g/mol. The maximum Gasteiger partial charge on any atom is 0.411 e. The van der Waals surface area contributed by atoms with Crippen molar-refractivity contribution in [3.8, 4) is 0 Å². The van der Waals surface area contributed by atoms with Crippen molar-refractivity contribution in [2.45, 2.75) is 138 Å². The summed E-state index contributed by atoms with van der Waals surface area (Å²) in [7, 11) is 0. The highest BCUT2D eigenvalue weighted by atomic mass is 35.5. The van der Waals surface area contributed by atoms with Crippen LogP contribution in [0.4, 0.5) is 10.5 Å². The number of hydrogen-bond acceptors (Lipinski definition) is 5. The van der Waals surface area contributed by atoms with Gasteiger partial charge in [0.15, 0.2) is 0 Å². The Morgan fingerprint density at radius 2 is 1.60 bits per heavy atom. The number of ether oxygens (including phenoxy) is 1. The number of carbonyl (C=O) groups is 2. The van der Waals surface area contributed by atoms with Crippen LogP contribution in [0.3, 0.4) is 0 Å². The van der Waals surface area contributed by atoms with Gasteiger partial charge in [0.2, 0.25) is 0 Å². The number of rotatable bonds is 3. The third-order valence-electron chi connectivity index (χ3n) is 14.5. The molecule has 48 heavy (non-hydrogen) atoms. The van der Waals surface area contributed by atoms with E-state index in [1.165, 1.54) is 5.57 Å². The van der Waals surface area contributed by atoms with Gasteiger partial charge in [0.05, 0.1) is 18.3 Å². The van der Waals surface area contributed by atoms with E-state index in [2.05, 4.69) is 59.9 Å². The molecular weight excluding hydrogens is 626 g/mol. The van der Waals surface area contributed by atoms with E-state index in [0.717, 1.165) is 44.9 Å². The highest BCUT2D eigenvalue weighted by Crippen LogP contribution is 2.75. The summed E-state index contributed by atoms with van der Waals surface area (Å²) < 4.78 is 4.90. The van der Waals surface area contributed by atoms with E-state index in [1.54, 1.807) is 38.1 Å². The molecule has 9 atom stereocenters. The molecule has 0 bridgehead atoms. The lowest BCUT2D eigenvalue weighted by molar-refractivity contribution is -0.218. The highest BCUT2D eigenvalue weighted by molar-refractivity contribution is 6.30. The number of aliphatic hydroxyl groups is 2. The van der Waals surface area contributed by atoms with Crippen molar-refractivity contribution in [2.24, 2.45) is 50.2 Å². The van der Waals surface area contributed by atoms with Gasteiger partial charge < -0.3 is 20.1 Å². The molecule has 268 valence electrons. The van der Waals surface area contributed by atoms with Crippen molar-refractivity contribution in [3.63, 3.8) is 0 Å². The second-order valence-corrected chi connectivity index (χ2v) is 18.7. The number of allylic oxidation sites excluding steroid dienone is 2. The first kappa shape index (κ1) is 37.2. The molecule has 8 heteroatoms. The minimum Gasteiger partial charge on any atom is -0.481 e. The molecule has 0 saturated heterocycles. The molecule has 6 rings (SSSR count). The number of amides is 1. The summed E-state index contributed by atoms with van der Waals surface area (Å²) in [6.07, 6.45) is 8.75. The van der Waals surface area contributed by atoms with Crippen LogP contribution in [0.2, 0.25) is 5.02 Å². The number of hydrogen-bond donors (Lipinski definition) is 4. The number of carboxylic acid groups (broad SMARTS) is 1. The molecule has 1 aromatic carbocycles. The Balaban J connectivity index is 0.000000271. The Labute approximate surface area is 293 Å². The second-order valence-electron chi connectivity index (χ2n) is 18.2. The van der Waals surface area contributed by atoms with Crippen molar-refractivity contribution >= 4 is 29.4 Å². The number of anilines is 1. The summed E-state index contributed by atoms with van der Waals surface area (Å²) in [6, 6.07) is 6.89. The molecule has 0 spiro atoms. The minimum absolute atomic E-state index is 0.0218. The Hall–Kier alpha value is -2.09. The normalized spacial score (nSPS) is 40.8. The Morgan fingerprint density at radius 3 is 2.23 bits per heavy atom. The van der Waals surface area contributed by atoms with Crippen LogP contribution in [-0.4, -0.2) is 45.7 Å². The average Bonchev–Trinajstić information content (AvgIpc) is 2.95.